The largest absolute Gasteiger partial charge is 0.326 e. The van der Waals surface area contributed by atoms with Crippen molar-refractivity contribution in [1.82, 2.24) is 4.72 Å². The highest BCUT2D eigenvalue weighted by molar-refractivity contribution is 7.89. The number of sulfonamides is 1. The van der Waals surface area contributed by atoms with Crippen molar-refractivity contribution >= 4 is 21.6 Å². The van der Waals surface area contributed by atoms with Gasteiger partial charge in [0.05, 0.1) is 16.5 Å². The molecule has 1 aliphatic heterocycles. The molecule has 0 saturated carbocycles. The molecular formula is C18H17N3O3S. The van der Waals surface area contributed by atoms with E-state index in [4.69, 9.17) is 5.26 Å². The Hall–Kier alpha value is -2.69. The van der Waals surface area contributed by atoms with E-state index in [-0.39, 0.29) is 10.8 Å². The molecule has 0 bridgehead atoms. The predicted octanol–water partition coefficient (Wildman–Crippen LogP) is 2.48. The Morgan fingerprint density at radius 1 is 1.16 bits per heavy atom. The second kappa shape index (κ2) is 6.67. The number of aryl methyl sites for hydroxylation is 1. The molecule has 1 heterocycles. The Balaban J connectivity index is 1.81. The van der Waals surface area contributed by atoms with Crippen LogP contribution in [0.5, 0.6) is 0 Å². The van der Waals surface area contributed by atoms with Gasteiger partial charge in [-0.15, -0.1) is 0 Å². The van der Waals surface area contributed by atoms with Crippen molar-refractivity contribution in [2.75, 3.05) is 5.32 Å². The van der Waals surface area contributed by atoms with Crippen LogP contribution in [0.2, 0.25) is 0 Å². The maximum Gasteiger partial charge on any atom is 0.241 e. The molecule has 1 atom stereocenters. The highest BCUT2D eigenvalue weighted by Crippen LogP contribution is 2.26. The minimum Gasteiger partial charge on any atom is -0.326 e. The van der Waals surface area contributed by atoms with Crippen LogP contribution in [-0.2, 0) is 21.2 Å². The number of anilines is 1. The van der Waals surface area contributed by atoms with E-state index < -0.39 is 16.1 Å². The first-order chi connectivity index (χ1) is 11.9. The molecule has 128 valence electrons. The minimum atomic E-state index is -3.70. The fourth-order valence-electron chi connectivity index (χ4n) is 2.74. The summed E-state index contributed by atoms with van der Waals surface area (Å²) in [5.41, 5.74) is 2.77. The van der Waals surface area contributed by atoms with Gasteiger partial charge in [0.15, 0.2) is 0 Å². The van der Waals surface area contributed by atoms with E-state index in [2.05, 4.69) is 10.0 Å². The van der Waals surface area contributed by atoms with Gasteiger partial charge in [0.1, 0.15) is 0 Å². The summed E-state index contributed by atoms with van der Waals surface area (Å²) in [5, 5.41) is 11.6. The molecular weight excluding hydrogens is 338 g/mol. The van der Waals surface area contributed by atoms with E-state index in [0.29, 0.717) is 24.1 Å². The number of nitriles is 1. The predicted molar refractivity (Wildman–Crippen MR) is 93.3 cm³/mol. The molecule has 0 saturated heterocycles. The van der Waals surface area contributed by atoms with Crippen LogP contribution in [0.15, 0.2) is 47.4 Å². The molecule has 25 heavy (non-hydrogen) atoms. The topological polar surface area (TPSA) is 99.1 Å². The summed E-state index contributed by atoms with van der Waals surface area (Å²) in [6.45, 7) is 1.75. The summed E-state index contributed by atoms with van der Waals surface area (Å²) in [6.07, 6.45) is 0.876. The Morgan fingerprint density at radius 3 is 2.56 bits per heavy atom. The van der Waals surface area contributed by atoms with E-state index in [1.807, 2.05) is 6.07 Å². The molecule has 0 fully saturated rings. The summed E-state index contributed by atoms with van der Waals surface area (Å²) in [5.74, 6) is -0.0596. The standard InChI is InChI=1S/C18H17N3O3S/c1-12(14-4-2-13(11-19)3-5-14)21-25(23,24)16-7-8-17-15(10-16)6-9-18(22)20-17/h2-5,7-8,10,12,21H,6,9H2,1H3,(H,20,22). The lowest BCUT2D eigenvalue weighted by Gasteiger charge is -2.19. The summed E-state index contributed by atoms with van der Waals surface area (Å²) in [7, 11) is -3.70. The Bertz CT molecular complexity index is 960. The van der Waals surface area contributed by atoms with Crippen molar-refractivity contribution in [2.24, 2.45) is 0 Å². The Kier molecular flexibility index (Phi) is 4.57. The average molecular weight is 355 g/mol. The number of fused-ring (bicyclic) bond motifs is 1. The number of hydrogen-bond donors (Lipinski definition) is 2. The van der Waals surface area contributed by atoms with Crippen LogP contribution >= 0.6 is 0 Å². The number of benzene rings is 2. The van der Waals surface area contributed by atoms with Gasteiger partial charge in [-0.3, -0.25) is 4.79 Å². The third-order valence-corrected chi connectivity index (χ3v) is 5.69. The fraction of sp³-hybridized carbons (Fsp3) is 0.222. The maximum atomic E-state index is 12.6. The van der Waals surface area contributed by atoms with Crippen molar-refractivity contribution in [1.29, 1.82) is 5.26 Å². The lowest BCUT2D eigenvalue weighted by molar-refractivity contribution is -0.116. The zero-order chi connectivity index (χ0) is 18.0. The molecule has 6 nitrogen and oxygen atoms in total. The molecule has 0 aromatic heterocycles. The van der Waals surface area contributed by atoms with Gasteiger partial charge in [0, 0.05) is 18.2 Å². The highest BCUT2D eigenvalue weighted by Gasteiger charge is 2.22. The summed E-state index contributed by atoms with van der Waals surface area (Å²) in [4.78, 5) is 11.6. The van der Waals surface area contributed by atoms with Gasteiger partial charge >= 0.3 is 0 Å². The highest BCUT2D eigenvalue weighted by atomic mass is 32.2. The van der Waals surface area contributed by atoms with Crippen LogP contribution < -0.4 is 10.0 Å². The number of hydrogen-bond acceptors (Lipinski definition) is 4. The van der Waals surface area contributed by atoms with Gasteiger partial charge in [-0.25, -0.2) is 13.1 Å². The maximum absolute atomic E-state index is 12.6. The number of carbonyl (C=O) groups is 1. The average Bonchev–Trinajstić information content (AvgIpc) is 2.60. The summed E-state index contributed by atoms with van der Waals surface area (Å²) >= 11 is 0. The number of nitrogens with zero attached hydrogens (tertiary/aromatic N) is 1. The molecule has 1 unspecified atom stereocenters. The molecule has 1 aliphatic rings. The molecule has 2 aromatic carbocycles. The molecule has 3 rings (SSSR count). The smallest absolute Gasteiger partial charge is 0.241 e. The first kappa shape index (κ1) is 17.1. The third-order valence-electron chi connectivity index (χ3n) is 4.15. The monoisotopic (exact) mass is 355 g/mol. The van der Waals surface area contributed by atoms with Gasteiger partial charge < -0.3 is 5.32 Å². The van der Waals surface area contributed by atoms with Crippen LogP contribution in [-0.4, -0.2) is 14.3 Å². The number of rotatable bonds is 4. The molecule has 1 amide bonds. The third kappa shape index (κ3) is 3.71. The van der Waals surface area contributed by atoms with Gasteiger partial charge in [0.25, 0.3) is 0 Å². The number of amides is 1. The van der Waals surface area contributed by atoms with Crippen molar-refractivity contribution in [3.8, 4) is 6.07 Å². The first-order valence-corrected chi connectivity index (χ1v) is 9.32. The SMILES string of the molecule is CC(NS(=O)(=O)c1ccc2c(c1)CCC(=O)N2)c1ccc(C#N)cc1. The second-order valence-electron chi connectivity index (χ2n) is 5.94. The van der Waals surface area contributed by atoms with Crippen LogP contribution in [0.1, 0.15) is 36.1 Å². The van der Waals surface area contributed by atoms with Gasteiger partial charge in [-0.2, -0.15) is 5.26 Å². The number of nitrogens with one attached hydrogen (secondary N) is 2. The van der Waals surface area contributed by atoms with Crippen LogP contribution in [0.25, 0.3) is 0 Å². The Morgan fingerprint density at radius 2 is 1.88 bits per heavy atom. The lowest BCUT2D eigenvalue weighted by Crippen LogP contribution is -2.27. The quantitative estimate of drug-likeness (QED) is 0.880. The lowest BCUT2D eigenvalue weighted by atomic mass is 10.0. The molecule has 0 spiro atoms. The summed E-state index contributed by atoms with van der Waals surface area (Å²) < 4.78 is 27.9. The second-order valence-corrected chi connectivity index (χ2v) is 7.66. The number of carbonyl (C=O) groups excluding carboxylic acids is 1. The Labute approximate surface area is 146 Å². The molecule has 2 aromatic rings. The van der Waals surface area contributed by atoms with Crippen molar-refractivity contribution in [2.45, 2.75) is 30.7 Å². The fourth-order valence-corrected chi connectivity index (χ4v) is 4.02. The van der Waals surface area contributed by atoms with E-state index in [0.717, 1.165) is 11.1 Å². The van der Waals surface area contributed by atoms with Gasteiger partial charge in [0.2, 0.25) is 15.9 Å². The van der Waals surface area contributed by atoms with Gasteiger partial charge in [-0.1, -0.05) is 12.1 Å². The van der Waals surface area contributed by atoms with Crippen molar-refractivity contribution in [3.63, 3.8) is 0 Å². The van der Waals surface area contributed by atoms with Crippen LogP contribution in [0.4, 0.5) is 5.69 Å². The molecule has 7 heteroatoms. The van der Waals surface area contributed by atoms with E-state index in [1.165, 1.54) is 6.07 Å². The molecule has 2 N–H and O–H groups in total. The normalized spacial score (nSPS) is 15.0. The van der Waals surface area contributed by atoms with Crippen LogP contribution in [0.3, 0.4) is 0 Å². The van der Waals surface area contributed by atoms with Crippen molar-refractivity contribution in [3.05, 3.63) is 59.2 Å². The summed E-state index contributed by atoms with van der Waals surface area (Å²) in [6, 6.07) is 13.1. The zero-order valence-corrected chi connectivity index (χ0v) is 14.4. The molecule has 0 radical (unpaired) electrons. The first-order valence-electron chi connectivity index (χ1n) is 7.84. The van der Waals surface area contributed by atoms with E-state index in [1.54, 1.807) is 43.3 Å². The van der Waals surface area contributed by atoms with Gasteiger partial charge in [-0.05, 0) is 54.8 Å². The van der Waals surface area contributed by atoms with E-state index in [9.17, 15) is 13.2 Å². The minimum absolute atomic E-state index is 0.0596. The molecule has 0 aliphatic carbocycles. The van der Waals surface area contributed by atoms with Crippen molar-refractivity contribution < 1.29 is 13.2 Å². The zero-order valence-electron chi connectivity index (χ0n) is 13.6. The van der Waals surface area contributed by atoms with E-state index >= 15 is 0 Å². The van der Waals surface area contributed by atoms with Crippen LogP contribution in [0, 0.1) is 11.3 Å².